The van der Waals surface area contributed by atoms with Crippen molar-refractivity contribution in [2.45, 2.75) is 6.37 Å². The largest absolute Gasteiger partial charge is 0.316 e. The topological polar surface area (TPSA) is 24.1 Å². The van der Waals surface area contributed by atoms with Crippen molar-refractivity contribution >= 4 is 0 Å². The van der Waals surface area contributed by atoms with Gasteiger partial charge < -0.3 is 10.6 Å². The Morgan fingerprint density at radius 3 is 2.38 bits per heavy atom. The molecule has 2 nitrogen and oxygen atoms in total. The van der Waals surface area contributed by atoms with E-state index in [1.807, 2.05) is 5.32 Å². The second-order valence-corrected chi connectivity index (χ2v) is 1.62. The number of hydrogen-bond acceptors (Lipinski definition) is 2. The average molecular weight is 122 g/mol. The van der Waals surface area contributed by atoms with Gasteiger partial charge in [0.25, 0.3) is 0 Å². The molecule has 2 rings (SSSR count). The van der Waals surface area contributed by atoms with Gasteiger partial charge in [-0.15, -0.1) is 0 Å². The van der Waals surface area contributed by atoms with E-state index in [4.69, 9.17) is 13.7 Å². The minimum atomic E-state index is -3.08. The van der Waals surface area contributed by atoms with Crippen LogP contribution in [0.5, 0.6) is 0 Å². The van der Waals surface area contributed by atoms with Gasteiger partial charge in [-0.25, -0.2) is 0 Å². The first-order chi connectivity index (χ1) is 7.66. The van der Waals surface area contributed by atoms with Gasteiger partial charge in [0.1, 0.15) is 0 Å². The maximum Gasteiger partial charge on any atom is 0.0435 e. The zero-order valence-electron chi connectivity index (χ0n) is 14.0. The molecular weight excluding hydrogens is 100 g/mol. The molecule has 0 unspecified atom stereocenters. The first-order valence-electron chi connectivity index (χ1n) is 7.25. The average Bonchev–Trinajstić information content (AvgIpc) is 2.05. The van der Waals surface area contributed by atoms with Crippen LogP contribution in [0.3, 0.4) is 0 Å². The molecule has 8 heavy (non-hydrogen) atoms. The molecule has 0 bridgehead atoms. The van der Waals surface area contributed by atoms with Crippen LogP contribution in [0.2, 0.25) is 0 Å². The molecule has 0 radical (unpaired) electrons. The molecule has 2 heteroatoms. The minimum absolute atomic E-state index is 1.74. The summed E-state index contributed by atoms with van der Waals surface area (Å²) in [5.74, 6) is 0. The smallest absolute Gasteiger partial charge is 0.0435 e. The highest BCUT2D eigenvalue weighted by molar-refractivity contribution is 4.97. The molecule has 0 saturated carbocycles. The van der Waals surface area contributed by atoms with Crippen LogP contribution in [-0.2, 0) is 0 Å². The Bertz CT molecular complexity index is 387. The summed E-state index contributed by atoms with van der Waals surface area (Å²) in [5, 5.41) is 3.56. The fraction of sp³-hybridized carbons (Fsp3) is 1.00. The molecule has 0 atom stereocenters. The van der Waals surface area contributed by atoms with Crippen molar-refractivity contribution in [3.05, 3.63) is 0 Å². The van der Waals surface area contributed by atoms with Gasteiger partial charge in [0.2, 0.25) is 0 Å². The van der Waals surface area contributed by atoms with Crippen LogP contribution in [0.4, 0.5) is 0 Å². The predicted octanol–water partition coefficient (Wildman–Crippen LogP) is -0.431. The van der Waals surface area contributed by atoms with Gasteiger partial charge in [0.05, 0.1) is 0 Å². The summed E-state index contributed by atoms with van der Waals surface area (Å²) < 4.78 is 76.1. The molecule has 2 heterocycles. The summed E-state index contributed by atoms with van der Waals surface area (Å²) in [6.07, 6.45) is -3.08. The SMILES string of the molecule is [2H]C1([2H])NC([2H])([2H])C2(C([2H])([2H])NC2([2H])[2H])C1([2H])[2H]. The van der Waals surface area contributed by atoms with Crippen LogP contribution in [0.15, 0.2) is 0 Å². The Kier molecular flexibility index (Phi) is 0.192. The summed E-state index contributed by atoms with van der Waals surface area (Å²) in [5.41, 5.74) is -2.83. The minimum Gasteiger partial charge on any atom is -0.316 e. The quantitative estimate of drug-likeness (QED) is 0.455. The van der Waals surface area contributed by atoms with Crippen molar-refractivity contribution in [1.29, 1.82) is 0 Å². The first-order valence-corrected chi connectivity index (χ1v) is 2.25. The van der Waals surface area contributed by atoms with Crippen molar-refractivity contribution in [3.63, 3.8) is 0 Å². The van der Waals surface area contributed by atoms with Crippen LogP contribution in [0, 0.1) is 5.41 Å². The highest BCUT2D eigenvalue weighted by Crippen LogP contribution is 2.28. The lowest BCUT2D eigenvalue weighted by Gasteiger charge is -2.38. The third-order valence-corrected chi connectivity index (χ3v) is 1.06. The van der Waals surface area contributed by atoms with E-state index in [1.165, 1.54) is 0 Å². The third-order valence-electron chi connectivity index (χ3n) is 1.06. The first kappa shape index (κ1) is 1.06. The molecule has 0 aromatic heterocycles. The van der Waals surface area contributed by atoms with Gasteiger partial charge in [-0.05, 0) is 12.9 Å². The summed E-state index contributed by atoms with van der Waals surface area (Å²) in [7, 11) is 0. The van der Waals surface area contributed by atoms with Crippen molar-refractivity contribution in [2.75, 3.05) is 26.0 Å². The van der Waals surface area contributed by atoms with Gasteiger partial charge in [-0.3, -0.25) is 0 Å². The zero-order chi connectivity index (χ0) is 14.4. The molecule has 1 spiro atoms. The van der Waals surface area contributed by atoms with E-state index in [1.54, 1.807) is 5.32 Å². The lowest BCUT2D eigenvalue weighted by Crippen LogP contribution is -2.54. The Morgan fingerprint density at radius 1 is 1.25 bits per heavy atom. The standard InChI is InChI=1S/C6H12N2/c1-2-7-3-6(1)4-8-5-6/h7-8H,1-5H2/i1D2,2D2,3D2,4D2,5D2. The van der Waals surface area contributed by atoms with Gasteiger partial charge in [-0.2, -0.15) is 0 Å². The van der Waals surface area contributed by atoms with Crippen molar-refractivity contribution in [1.82, 2.24) is 10.6 Å². The van der Waals surface area contributed by atoms with E-state index in [0.29, 0.717) is 0 Å². The van der Waals surface area contributed by atoms with Crippen LogP contribution in [0.1, 0.15) is 20.1 Å². The molecule has 0 amide bonds. The molecule has 46 valence electrons. The van der Waals surface area contributed by atoms with E-state index < -0.39 is 37.8 Å². The molecule has 2 N–H and O–H groups in total. The van der Waals surface area contributed by atoms with Crippen LogP contribution >= 0.6 is 0 Å². The Labute approximate surface area is 63.7 Å². The van der Waals surface area contributed by atoms with Crippen molar-refractivity contribution in [3.8, 4) is 0 Å². The third kappa shape index (κ3) is 0.501. The van der Waals surface area contributed by atoms with Crippen LogP contribution in [0.25, 0.3) is 0 Å². The monoisotopic (exact) mass is 122 g/mol. The van der Waals surface area contributed by atoms with Gasteiger partial charge >= 0.3 is 0 Å². The van der Waals surface area contributed by atoms with Crippen LogP contribution < -0.4 is 10.6 Å². The molecule has 2 aliphatic rings. The van der Waals surface area contributed by atoms with Gasteiger partial charge in [-0.1, -0.05) is 0 Å². The summed E-state index contributed by atoms with van der Waals surface area (Å²) in [4.78, 5) is 0. The van der Waals surface area contributed by atoms with E-state index >= 15 is 0 Å². The molecular formula is C6H12N2. The van der Waals surface area contributed by atoms with Gasteiger partial charge in [0.15, 0.2) is 0 Å². The maximum atomic E-state index is 7.73. The number of nitrogens with one attached hydrogen (secondary N) is 2. The molecule has 2 aliphatic heterocycles. The van der Waals surface area contributed by atoms with Crippen molar-refractivity contribution in [2.24, 2.45) is 5.41 Å². The highest BCUT2D eigenvalue weighted by Gasteiger charge is 2.38. The molecule has 0 aromatic rings. The highest BCUT2D eigenvalue weighted by atomic mass is 15.1. The van der Waals surface area contributed by atoms with Crippen LogP contribution in [-0.4, -0.2) is 26.0 Å². The van der Waals surface area contributed by atoms with Crippen molar-refractivity contribution < 1.29 is 13.7 Å². The Balaban J connectivity index is 2.75. The fourth-order valence-corrected chi connectivity index (χ4v) is 0.594. The van der Waals surface area contributed by atoms with E-state index in [0.717, 1.165) is 0 Å². The lowest BCUT2D eigenvalue weighted by atomic mass is 9.81. The Morgan fingerprint density at radius 2 is 2.00 bits per heavy atom. The van der Waals surface area contributed by atoms with E-state index in [-0.39, 0.29) is 0 Å². The second kappa shape index (κ2) is 1.45. The second-order valence-electron chi connectivity index (χ2n) is 1.62. The lowest BCUT2D eigenvalue weighted by molar-refractivity contribution is 0.197. The molecule has 0 aliphatic carbocycles. The predicted molar refractivity (Wildman–Crippen MR) is 32.8 cm³/mol. The molecule has 0 aromatic carbocycles. The van der Waals surface area contributed by atoms with E-state index in [9.17, 15) is 0 Å². The molecule has 2 fully saturated rings. The summed E-state index contributed by atoms with van der Waals surface area (Å²) in [6, 6.07) is 0. The molecule has 2 saturated heterocycles. The normalized spacial score (nSPS) is 83.0. The number of hydrogen-bond donors (Lipinski definition) is 2. The summed E-state index contributed by atoms with van der Waals surface area (Å²) in [6.45, 7) is -11.2. The zero-order valence-corrected chi connectivity index (χ0v) is 4.00. The Hall–Kier alpha value is -0.0800. The fourth-order valence-electron chi connectivity index (χ4n) is 0.594. The van der Waals surface area contributed by atoms with Gasteiger partial charge in [0, 0.05) is 38.6 Å². The van der Waals surface area contributed by atoms with E-state index in [2.05, 4.69) is 0 Å². The summed E-state index contributed by atoms with van der Waals surface area (Å²) >= 11 is 0. The maximum absolute atomic E-state index is 7.73. The number of rotatable bonds is 0.